The van der Waals surface area contributed by atoms with Crippen LogP contribution in [-0.2, 0) is 13.0 Å². The summed E-state index contributed by atoms with van der Waals surface area (Å²) in [7, 11) is 0. The van der Waals surface area contributed by atoms with Crippen LogP contribution < -0.4 is 10.5 Å². The number of rotatable bonds is 2. The Morgan fingerprint density at radius 2 is 2.29 bits per heavy atom. The maximum atomic E-state index is 5.81. The van der Waals surface area contributed by atoms with Gasteiger partial charge in [0.25, 0.3) is 0 Å². The highest BCUT2D eigenvalue weighted by Crippen LogP contribution is 2.37. The molecule has 1 aromatic carbocycles. The largest absolute Gasteiger partial charge is 0.493 e. The third kappa shape index (κ3) is 1.75. The standard InChI is InChI=1S/C14H15NOS/c1-9-3-5-17-14(9)11-6-10-2-4-16-13(10)12(7-11)8-15/h3,5-7H,2,4,8,15H2,1H3. The molecule has 17 heavy (non-hydrogen) atoms. The van der Waals surface area contributed by atoms with Gasteiger partial charge >= 0.3 is 0 Å². The molecular weight excluding hydrogens is 230 g/mol. The van der Waals surface area contributed by atoms with Gasteiger partial charge in [0.2, 0.25) is 0 Å². The van der Waals surface area contributed by atoms with Crippen molar-refractivity contribution in [2.75, 3.05) is 6.61 Å². The molecule has 0 saturated heterocycles. The van der Waals surface area contributed by atoms with Crippen molar-refractivity contribution in [3.05, 3.63) is 40.3 Å². The minimum absolute atomic E-state index is 0.542. The summed E-state index contributed by atoms with van der Waals surface area (Å²) in [5.41, 5.74) is 10.8. The Morgan fingerprint density at radius 3 is 3.00 bits per heavy atom. The van der Waals surface area contributed by atoms with Crippen molar-refractivity contribution in [1.82, 2.24) is 0 Å². The minimum Gasteiger partial charge on any atom is -0.493 e. The molecule has 1 aromatic heterocycles. The molecule has 2 aromatic rings. The van der Waals surface area contributed by atoms with Gasteiger partial charge < -0.3 is 10.5 Å². The lowest BCUT2D eigenvalue weighted by Gasteiger charge is -2.09. The van der Waals surface area contributed by atoms with Gasteiger partial charge in [-0.3, -0.25) is 0 Å². The van der Waals surface area contributed by atoms with E-state index in [4.69, 9.17) is 10.5 Å². The van der Waals surface area contributed by atoms with E-state index >= 15 is 0 Å². The van der Waals surface area contributed by atoms with Crippen LogP contribution in [0.3, 0.4) is 0 Å². The maximum Gasteiger partial charge on any atom is 0.127 e. The molecule has 0 fully saturated rings. The highest BCUT2D eigenvalue weighted by atomic mass is 32.1. The van der Waals surface area contributed by atoms with Gasteiger partial charge in [-0.15, -0.1) is 11.3 Å². The molecule has 2 N–H and O–H groups in total. The van der Waals surface area contributed by atoms with Gasteiger partial charge in [-0.25, -0.2) is 0 Å². The van der Waals surface area contributed by atoms with Crippen LogP contribution in [0.2, 0.25) is 0 Å². The molecule has 0 spiro atoms. The highest BCUT2D eigenvalue weighted by molar-refractivity contribution is 7.13. The summed E-state index contributed by atoms with van der Waals surface area (Å²) in [6.07, 6.45) is 1.00. The fourth-order valence-electron chi connectivity index (χ4n) is 2.34. The molecule has 88 valence electrons. The van der Waals surface area contributed by atoms with E-state index in [9.17, 15) is 0 Å². The van der Waals surface area contributed by atoms with E-state index in [0.29, 0.717) is 6.54 Å². The Kier molecular flexibility index (Phi) is 2.65. The highest BCUT2D eigenvalue weighted by Gasteiger charge is 2.18. The van der Waals surface area contributed by atoms with Crippen molar-refractivity contribution in [1.29, 1.82) is 0 Å². The molecule has 0 aliphatic carbocycles. The zero-order valence-electron chi connectivity index (χ0n) is 9.82. The molecule has 0 atom stereocenters. The first-order valence-electron chi connectivity index (χ1n) is 5.82. The summed E-state index contributed by atoms with van der Waals surface area (Å²) in [5.74, 6) is 1.02. The first kappa shape index (κ1) is 10.8. The molecule has 1 aliphatic heterocycles. The molecule has 0 bridgehead atoms. The van der Waals surface area contributed by atoms with Crippen LogP contribution >= 0.6 is 11.3 Å². The van der Waals surface area contributed by atoms with E-state index in [-0.39, 0.29) is 0 Å². The summed E-state index contributed by atoms with van der Waals surface area (Å²) in [4.78, 5) is 1.34. The lowest BCUT2D eigenvalue weighted by Crippen LogP contribution is -2.00. The average molecular weight is 245 g/mol. The maximum absolute atomic E-state index is 5.81. The molecule has 3 rings (SSSR count). The topological polar surface area (TPSA) is 35.2 Å². The van der Waals surface area contributed by atoms with Gasteiger partial charge in [0.1, 0.15) is 5.75 Å². The average Bonchev–Trinajstić information content (AvgIpc) is 2.95. The van der Waals surface area contributed by atoms with Gasteiger partial charge in [0.05, 0.1) is 6.61 Å². The smallest absolute Gasteiger partial charge is 0.127 e. The second-order valence-corrected chi connectivity index (χ2v) is 5.28. The molecule has 1 aliphatic rings. The second-order valence-electron chi connectivity index (χ2n) is 4.36. The number of fused-ring (bicyclic) bond motifs is 1. The zero-order chi connectivity index (χ0) is 11.8. The molecule has 0 radical (unpaired) electrons. The minimum atomic E-state index is 0.542. The fourth-order valence-corrected chi connectivity index (χ4v) is 3.26. The van der Waals surface area contributed by atoms with Gasteiger partial charge in [0.15, 0.2) is 0 Å². The van der Waals surface area contributed by atoms with Gasteiger partial charge in [0, 0.05) is 23.4 Å². The van der Waals surface area contributed by atoms with E-state index in [2.05, 4.69) is 30.5 Å². The number of hydrogen-bond acceptors (Lipinski definition) is 3. The van der Waals surface area contributed by atoms with Crippen LogP contribution in [0.1, 0.15) is 16.7 Å². The zero-order valence-corrected chi connectivity index (χ0v) is 10.6. The predicted octanol–water partition coefficient (Wildman–Crippen LogP) is 3.12. The first-order chi connectivity index (χ1) is 8.29. The van der Waals surface area contributed by atoms with Crippen molar-refractivity contribution >= 4 is 11.3 Å². The Morgan fingerprint density at radius 1 is 1.41 bits per heavy atom. The fraction of sp³-hybridized carbons (Fsp3) is 0.286. The van der Waals surface area contributed by atoms with Crippen molar-refractivity contribution in [3.63, 3.8) is 0 Å². The molecule has 0 unspecified atom stereocenters. The van der Waals surface area contributed by atoms with Crippen LogP contribution in [0.4, 0.5) is 0 Å². The third-order valence-electron chi connectivity index (χ3n) is 3.20. The van der Waals surface area contributed by atoms with E-state index < -0.39 is 0 Å². The molecule has 0 amide bonds. The van der Waals surface area contributed by atoms with Crippen LogP contribution in [0.15, 0.2) is 23.6 Å². The molecule has 2 nitrogen and oxygen atoms in total. The van der Waals surface area contributed by atoms with E-state index in [0.717, 1.165) is 24.3 Å². The Labute approximate surface area is 105 Å². The van der Waals surface area contributed by atoms with Crippen molar-refractivity contribution < 1.29 is 4.74 Å². The van der Waals surface area contributed by atoms with Gasteiger partial charge in [-0.05, 0) is 47.2 Å². The SMILES string of the molecule is Cc1ccsc1-c1cc(CN)c2c(c1)CCO2. The lowest BCUT2D eigenvalue weighted by molar-refractivity contribution is 0.353. The molecule has 0 saturated carbocycles. The normalized spacial score (nSPS) is 13.5. The van der Waals surface area contributed by atoms with E-state index in [1.54, 1.807) is 11.3 Å². The Hall–Kier alpha value is -1.32. The number of hydrogen-bond donors (Lipinski definition) is 1. The summed E-state index contributed by atoms with van der Waals surface area (Å²) in [5, 5.41) is 2.14. The number of thiophene rings is 1. The monoisotopic (exact) mass is 245 g/mol. The molecule has 2 heterocycles. The summed E-state index contributed by atoms with van der Waals surface area (Å²) in [6.45, 7) is 3.48. The quantitative estimate of drug-likeness (QED) is 0.882. The second kappa shape index (κ2) is 4.17. The third-order valence-corrected chi connectivity index (χ3v) is 4.27. The molecule has 3 heteroatoms. The van der Waals surface area contributed by atoms with Crippen LogP contribution in [0, 0.1) is 6.92 Å². The number of ether oxygens (including phenoxy) is 1. The van der Waals surface area contributed by atoms with Crippen molar-refractivity contribution in [2.45, 2.75) is 19.9 Å². The van der Waals surface area contributed by atoms with E-state index in [1.807, 2.05) is 0 Å². The van der Waals surface area contributed by atoms with Gasteiger partial charge in [-0.2, -0.15) is 0 Å². The summed E-state index contributed by atoms with van der Waals surface area (Å²) in [6, 6.07) is 6.58. The number of aryl methyl sites for hydroxylation is 1. The number of nitrogens with two attached hydrogens (primary N) is 1. The lowest BCUT2D eigenvalue weighted by atomic mass is 10.0. The van der Waals surface area contributed by atoms with Gasteiger partial charge in [-0.1, -0.05) is 0 Å². The summed E-state index contributed by atoms with van der Waals surface area (Å²) >= 11 is 1.79. The van der Waals surface area contributed by atoms with Crippen molar-refractivity contribution in [2.24, 2.45) is 5.73 Å². The Bertz CT molecular complexity index is 559. The number of benzene rings is 1. The van der Waals surface area contributed by atoms with Crippen LogP contribution in [0.25, 0.3) is 10.4 Å². The van der Waals surface area contributed by atoms with Crippen LogP contribution in [0.5, 0.6) is 5.75 Å². The predicted molar refractivity (Wildman–Crippen MR) is 71.6 cm³/mol. The first-order valence-corrected chi connectivity index (χ1v) is 6.70. The Balaban J connectivity index is 2.16. The van der Waals surface area contributed by atoms with Crippen molar-refractivity contribution in [3.8, 4) is 16.2 Å². The van der Waals surface area contributed by atoms with Crippen LogP contribution in [-0.4, -0.2) is 6.61 Å². The summed E-state index contributed by atoms with van der Waals surface area (Å²) < 4.78 is 5.65. The molecular formula is C14H15NOS. The van der Waals surface area contributed by atoms with E-state index in [1.165, 1.54) is 21.6 Å².